The number of hydrogen-bond acceptors (Lipinski definition) is 3. The first kappa shape index (κ1) is 14.5. The van der Waals surface area contributed by atoms with Crippen LogP contribution in [0.5, 0.6) is 0 Å². The Balaban J connectivity index is 1.62. The van der Waals surface area contributed by atoms with E-state index in [2.05, 4.69) is 10.2 Å². The van der Waals surface area contributed by atoms with Gasteiger partial charge in [0.25, 0.3) is 0 Å². The molecule has 0 unspecified atom stereocenters. The minimum atomic E-state index is -0.276. The van der Waals surface area contributed by atoms with Crippen LogP contribution in [-0.4, -0.2) is 50.1 Å². The van der Waals surface area contributed by atoms with Crippen LogP contribution in [0.3, 0.4) is 0 Å². The van der Waals surface area contributed by atoms with Crippen molar-refractivity contribution in [3.8, 4) is 0 Å². The standard InChI is InChI=1S/C16H22FN3O/c1-2-20(15-5-3-14(17)4-6-15)16(21)11-19-9-12-7-18-8-13(12)10-19/h3-6,12-13,18H,2,7-11H2,1H3/t12-,13+. The molecule has 2 atom stereocenters. The van der Waals surface area contributed by atoms with E-state index in [0.29, 0.717) is 24.9 Å². The lowest BCUT2D eigenvalue weighted by atomic mass is 10.0. The van der Waals surface area contributed by atoms with Crippen molar-refractivity contribution in [2.45, 2.75) is 6.92 Å². The number of carbonyl (C=O) groups is 1. The number of fused-ring (bicyclic) bond motifs is 1. The van der Waals surface area contributed by atoms with E-state index in [1.807, 2.05) is 6.92 Å². The lowest BCUT2D eigenvalue weighted by molar-refractivity contribution is -0.119. The van der Waals surface area contributed by atoms with E-state index in [0.717, 1.165) is 31.9 Å². The van der Waals surface area contributed by atoms with Gasteiger partial charge in [-0.3, -0.25) is 9.69 Å². The summed E-state index contributed by atoms with van der Waals surface area (Å²) in [5.74, 6) is 1.21. The summed E-state index contributed by atoms with van der Waals surface area (Å²) in [6, 6.07) is 6.13. The summed E-state index contributed by atoms with van der Waals surface area (Å²) in [4.78, 5) is 16.5. The minimum absolute atomic E-state index is 0.0945. The fourth-order valence-electron chi connectivity index (χ4n) is 3.48. The Bertz CT molecular complexity index is 493. The Morgan fingerprint density at radius 2 is 1.90 bits per heavy atom. The van der Waals surface area contributed by atoms with Crippen LogP contribution in [0.25, 0.3) is 0 Å². The summed E-state index contributed by atoms with van der Waals surface area (Å²) in [5, 5.41) is 3.41. The third-order valence-corrected chi connectivity index (χ3v) is 4.58. The van der Waals surface area contributed by atoms with Crippen molar-refractivity contribution in [3.05, 3.63) is 30.1 Å². The largest absolute Gasteiger partial charge is 0.316 e. The zero-order valence-electron chi connectivity index (χ0n) is 12.4. The number of nitrogens with zero attached hydrogens (tertiary/aromatic N) is 2. The van der Waals surface area contributed by atoms with E-state index in [1.165, 1.54) is 12.1 Å². The maximum Gasteiger partial charge on any atom is 0.241 e. The molecule has 0 aromatic heterocycles. The molecule has 1 aromatic carbocycles. The zero-order valence-corrected chi connectivity index (χ0v) is 12.4. The van der Waals surface area contributed by atoms with Crippen LogP contribution in [-0.2, 0) is 4.79 Å². The lowest BCUT2D eigenvalue weighted by Crippen LogP contribution is -2.40. The molecule has 1 amide bonds. The van der Waals surface area contributed by atoms with Crippen molar-refractivity contribution >= 4 is 11.6 Å². The zero-order chi connectivity index (χ0) is 14.8. The highest BCUT2D eigenvalue weighted by atomic mass is 19.1. The molecule has 2 aliphatic rings. The number of carbonyl (C=O) groups excluding carboxylic acids is 1. The van der Waals surface area contributed by atoms with Crippen LogP contribution in [0.2, 0.25) is 0 Å². The fraction of sp³-hybridized carbons (Fsp3) is 0.562. The van der Waals surface area contributed by atoms with Crippen molar-refractivity contribution in [2.24, 2.45) is 11.8 Å². The molecule has 1 aromatic rings. The number of nitrogens with one attached hydrogen (secondary N) is 1. The molecule has 0 aliphatic carbocycles. The van der Waals surface area contributed by atoms with Crippen molar-refractivity contribution in [1.29, 1.82) is 0 Å². The summed E-state index contributed by atoms with van der Waals surface area (Å²) in [5.41, 5.74) is 0.768. The highest BCUT2D eigenvalue weighted by Crippen LogP contribution is 2.26. The van der Waals surface area contributed by atoms with Gasteiger partial charge in [-0.25, -0.2) is 4.39 Å². The van der Waals surface area contributed by atoms with Gasteiger partial charge in [0, 0.05) is 25.3 Å². The van der Waals surface area contributed by atoms with E-state index in [4.69, 9.17) is 0 Å². The average molecular weight is 291 g/mol. The quantitative estimate of drug-likeness (QED) is 0.909. The maximum absolute atomic E-state index is 13.0. The van der Waals surface area contributed by atoms with Crippen LogP contribution >= 0.6 is 0 Å². The van der Waals surface area contributed by atoms with Gasteiger partial charge >= 0.3 is 0 Å². The topological polar surface area (TPSA) is 35.6 Å². The van der Waals surface area contributed by atoms with Crippen LogP contribution < -0.4 is 10.2 Å². The van der Waals surface area contributed by atoms with Crippen molar-refractivity contribution in [3.63, 3.8) is 0 Å². The normalized spacial score (nSPS) is 25.0. The molecular weight excluding hydrogens is 269 g/mol. The summed E-state index contributed by atoms with van der Waals surface area (Å²) in [6.07, 6.45) is 0. The van der Waals surface area contributed by atoms with Crippen LogP contribution in [0, 0.1) is 17.7 Å². The average Bonchev–Trinajstić information content (AvgIpc) is 3.02. The van der Waals surface area contributed by atoms with E-state index < -0.39 is 0 Å². The smallest absolute Gasteiger partial charge is 0.241 e. The Morgan fingerprint density at radius 1 is 1.29 bits per heavy atom. The van der Waals surface area contributed by atoms with Gasteiger partial charge in [0.05, 0.1) is 6.54 Å². The molecule has 0 radical (unpaired) electrons. The molecule has 2 saturated heterocycles. The van der Waals surface area contributed by atoms with Gasteiger partial charge in [0.2, 0.25) is 5.91 Å². The second kappa shape index (κ2) is 6.12. The number of likely N-dealkylation sites (tertiary alicyclic amines) is 1. The van der Waals surface area contributed by atoms with Gasteiger partial charge in [-0.05, 0) is 56.1 Å². The molecule has 0 saturated carbocycles. The number of benzene rings is 1. The highest BCUT2D eigenvalue weighted by molar-refractivity contribution is 5.94. The maximum atomic E-state index is 13.0. The predicted molar refractivity (Wildman–Crippen MR) is 80.7 cm³/mol. The summed E-state index contributed by atoms with van der Waals surface area (Å²) >= 11 is 0. The van der Waals surface area contributed by atoms with Gasteiger partial charge in [-0.15, -0.1) is 0 Å². The molecule has 1 N–H and O–H groups in total. The second-order valence-corrected chi connectivity index (χ2v) is 5.99. The third-order valence-electron chi connectivity index (χ3n) is 4.58. The first-order valence-electron chi connectivity index (χ1n) is 7.66. The fourth-order valence-corrected chi connectivity index (χ4v) is 3.48. The van der Waals surface area contributed by atoms with Crippen molar-refractivity contribution in [2.75, 3.05) is 44.2 Å². The summed E-state index contributed by atoms with van der Waals surface area (Å²) < 4.78 is 13.0. The Kier molecular flexibility index (Phi) is 4.22. The number of rotatable bonds is 4. The van der Waals surface area contributed by atoms with E-state index in [1.54, 1.807) is 17.0 Å². The molecule has 0 bridgehead atoms. The summed E-state index contributed by atoms with van der Waals surface area (Å²) in [7, 11) is 0. The first-order chi connectivity index (χ1) is 10.2. The molecule has 114 valence electrons. The molecule has 0 spiro atoms. The van der Waals surface area contributed by atoms with E-state index in [-0.39, 0.29) is 11.7 Å². The van der Waals surface area contributed by atoms with E-state index >= 15 is 0 Å². The summed E-state index contributed by atoms with van der Waals surface area (Å²) in [6.45, 7) is 7.17. The Hall–Kier alpha value is -1.46. The molecule has 2 aliphatic heterocycles. The lowest BCUT2D eigenvalue weighted by Gasteiger charge is -2.24. The molecule has 21 heavy (non-hydrogen) atoms. The van der Waals surface area contributed by atoms with Gasteiger partial charge in [0.1, 0.15) is 5.82 Å². The number of likely N-dealkylation sites (N-methyl/N-ethyl adjacent to an activating group) is 1. The van der Waals surface area contributed by atoms with Crippen LogP contribution in [0.1, 0.15) is 6.92 Å². The first-order valence-corrected chi connectivity index (χ1v) is 7.66. The molecule has 4 nitrogen and oxygen atoms in total. The molecule has 2 fully saturated rings. The van der Waals surface area contributed by atoms with Gasteiger partial charge in [-0.1, -0.05) is 0 Å². The van der Waals surface area contributed by atoms with Gasteiger partial charge in [-0.2, -0.15) is 0 Å². The Labute approximate surface area is 124 Å². The Morgan fingerprint density at radius 3 is 2.48 bits per heavy atom. The number of hydrogen-bond donors (Lipinski definition) is 1. The highest BCUT2D eigenvalue weighted by Gasteiger charge is 2.36. The second-order valence-electron chi connectivity index (χ2n) is 5.99. The van der Waals surface area contributed by atoms with Crippen LogP contribution in [0.4, 0.5) is 10.1 Å². The molecule has 2 heterocycles. The minimum Gasteiger partial charge on any atom is -0.316 e. The molecular formula is C16H22FN3O. The molecule has 5 heteroatoms. The predicted octanol–water partition coefficient (Wildman–Crippen LogP) is 1.33. The van der Waals surface area contributed by atoms with E-state index in [9.17, 15) is 9.18 Å². The monoisotopic (exact) mass is 291 g/mol. The number of anilines is 1. The van der Waals surface area contributed by atoms with Gasteiger partial charge in [0.15, 0.2) is 0 Å². The van der Waals surface area contributed by atoms with Crippen molar-refractivity contribution in [1.82, 2.24) is 10.2 Å². The SMILES string of the molecule is CCN(C(=O)CN1C[C@H]2CNC[C@H]2C1)c1ccc(F)cc1. The van der Waals surface area contributed by atoms with Crippen molar-refractivity contribution < 1.29 is 9.18 Å². The van der Waals surface area contributed by atoms with Crippen LogP contribution in [0.15, 0.2) is 24.3 Å². The van der Waals surface area contributed by atoms with Gasteiger partial charge < -0.3 is 10.2 Å². The number of halogens is 1. The third kappa shape index (κ3) is 3.09. The molecule has 3 rings (SSSR count). The number of amides is 1.